The van der Waals surface area contributed by atoms with Crippen molar-refractivity contribution in [2.24, 2.45) is 0 Å². The maximum absolute atomic E-state index is 9.93. The largest absolute Gasteiger partial charge is 0.508 e. The number of para-hydroxylation sites is 1. The van der Waals surface area contributed by atoms with Crippen LogP contribution in [0, 0.1) is 0 Å². The summed E-state index contributed by atoms with van der Waals surface area (Å²) in [4.78, 5) is 9.20. The summed E-state index contributed by atoms with van der Waals surface area (Å²) in [7, 11) is 0. The first-order valence-corrected chi connectivity index (χ1v) is 8.70. The number of hydrogen-bond donors (Lipinski definition) is 2. The zero-order valence-corrected chi connectivity index (χ0v) is 13.6. The fourth-order valence-corrected chi connectivity index (χ4v) is 4.24. The summed E-state index contributed by atoms with van der Waals surface area (Å²) in [5.74, 6) is 0.0676. The van der Waals surface area contributed by atoms with Gasteiger partial charge in [0.1, 0.15) is 21.5 Å². The Bertz CT molecular complexity index is 958. The van der Waals surface area contributed by atoms with Crippen LogP contribution < -0.4 is 0 Å². The summed E-state index contributed by atoms with van der Waals surface area (Å²) < 4.78 is 1.18. The first-order valence-electron chi connectivity index (χ1n) is 7.00. The fraction of sp³-hybridized carbons (Fsp3) is 0.0588. The molecule has 0 fully saturated rings. The summed E-state index contributed by atoms with van der Waals surface area (Å²) in [5, 5.41) is 23.2. The molecule has 0 aliphatic heterocycles. The van der Waals surface area contributed by atoms with Crippen LogP contribution in [-0.2, 0) is 6.42 Å². The van der Waals surface area contributed by atoms with Crippen molar-refractivity contribution in [3.8, 4) is 22.8 Å². The molecule has 0 saturated carbocycles. The van der Waals surface area contributed by atoms with E-state index in [9.17, 15) is 10.2 Å². The third-order valence-corrected chi connectivity index (χ3v) is 5.33. The molecule has 0 atom stereocenters. The van der Waals surface area contributed by atoms with Gasteiger partial charge in [-0.15, -0.1) is 22.7 Å². The second kappa shape index (κ2) is 5.64. The lowest BCUT2D eigenvalue weighted by Crippen LogP contribution is -1.86. The number of aromatic hydroxyl groups is 2. The number of rotatable bonds is 3. The molecule has 0 radical (unpaired) electrons. The van der Waals surface area contributed by atoms with E-state index in [4.69, 9.17) is 0 Å². The highest BCUT2D eigenvalue weighted by Gasteiger charge is 2.11. The SMILES string of the molecule is Oc1ccc(-c2csc(Cc3nc4ccccc4s3)n2)c(O)c1. The van der Waals surface area contributed by atoms with Crippen molar-refractivity contribution < 1.29 is 10.2 Å². The van der Waals surface area contributed by atoms with Gasteiger partial charge in [-0.3, -0.25) is 0 Å². The van der Waals surface area contributed by atoms with Gasteiger partial charge in [-0.25, -0.2) is 9.97 Å². The summed E-state index contributed by atoms with van der Waals surface area (Å²) in [6.07, 6.45) is 0.683. The number of hydrogen-bond acceptors (Lipinski definition) is 6. The Labute approximate surface area is 140 Å². The Hall–Kier alpha value is -2.44. The molecule has 23 heavy (non-hydrogen) atoms. The highest BCUT2D eigenvalue weighted by Crippen LogP contribution is 2.33. The van der Waals surface area contributed by atoms with Crippen LogP contribution in [-0.4, -0.2) is 20.2 Å². The molecule has 114 valence electrons. The average molecular weight is 340 g/mol. The number of phenolic OH excluding ortho intramolecular Hbond substituents is 2. The number of fused-ring (bicyclic) bond motifs is 1. The third-order valence-electron chi connectivity index (χ3n) is 3.45. The molecule has 0 saturated heterocycles. The van der Waals surface area contributed by atoms with Gasteiger partial charge in [0.15, 0.2) is 0 Å². The number of benzene rings is 2. The van der Waals surface area contributed by atoms with Crippen LogP contribution >= 0.6 is 22.7 Å². The minimum absolute atomic E-state index is 0.0295. The van der Waals surface area contributed by atoms with Crippen molar-refractivity contribution in [1.82, 2.24) is 9.97 Å². The van der Waals surface area contributed by atoms with Crippen molar-refractivity contribution in [2.75, 3.05) is 0 Å². The van der Waals surface area contributed by atoms with E-state index in [1.165, 1.54) is 10.8 Å². The third kappa shape index (κ3) is 2.78. The molecular weight excluding hydrogens is 328 g/mol. The molecule has 0 amide bonds. The summed E-state index contributed by atoms with van der Waals surface area (Å²) in [6.45, 7) is 0. The van der Waals surface area contributed by atoms with Gasteiger partial charge >= 0.3 is 0 Å². The highest BCUT2D eigenvalue weighted by atomic mass is 32.1. The molecule has 6 heteroatoms. The van der Waals surface area contributed by atoms with Crippen molar-refractivity contribution in [2.45, 2.75) is 6.42 Å². The molecule has 2 aromatic heterocycles. The monoisotopic (exact) mass is 340 g/mol. The molecule has 4 rings (SSSR count). The maximum atomic E-state index is 9.93. The molecule has 2 N–H and O–H groups in total. The molecule has 0 unspecified atom stereocenters. The second-order valence-corrected chi connectivity index (χ2v) is 7.14. The van der Waals surface area contributed by atoms with E-state index in [0.29, 0.717) is 17.7 Å². The summed E-state index contributed by atoms with van der Waals surface area (Å²) >= 11 is 3.22. The molecule has 0 aliphatic rings. The number of phenols is 2. The number of thiazole rings is 2. The topological polar surface area (TPSA) is 66.2 Å². The lowest BCUT2D eigenvalue weighted by atomic mass is 10.1. The Morgan fingerprint density at radius 3 is 2.65 bits per heavy atom. The zero-order chi connectivity index (χ0) is 15.8. The van der Waals surface area contributed by atoms with Gasteiger partial charge in [-0.05, 0) is 24.3 Å². The van der Waals surface area contributed by atoms with Crippen molar-refractivity contribution in [3.05, 3.63) is 57.9 Å². The minimum atomic E-state index is 0.0295. The van der Waals surface area contributed by atoms with Crippen molar-refractivity contribution in [3.63, 3.8) is 0 Å². The molecular formula is C17H12N2O2S2. The van der Waals surface area contributed by atoms with Gasteiger partial charge in [-0.1, -0.05) is 12.1 Å². The molecule has 2 aromatic carbocycles. The fourth-order valence-electron chi connectivity index (χ4n) is 2.38. The van der Waals surface area contributed by atoms with E-state index >= 15 is 0 Å². The van der Waals surface area contributed by atoms with E-state index in [1.54, 1.807) is 34.8 Å². The second-order valence-electron chi connectivity index (χ2n) is 5.08. The predicted molar refractivity (Wildman–Crippen MR) is 93.3 cm³/mol. The summed E-state index contributed by atoms with van der Waals surface area (Å²) in [6, 6.07) is 12.6. The zero-order valence-electron chi connectivity index (χ0n) is 11.9. The van der Waals surface area contributed by atoms with Gasteiger partial charge in [0.2, 0.25) is 0 Å². The van der Waals surface area contributed by atoms with E-state index in [-0.39, 0.29) is 11.5 Å². The maximum Gasteiger partial charge on any atom is 0.128 e. The predicted octanol–water partition coefficient (Wildman–Crippen LogP) is 4.42. The molecule has 0 spiro atoms. The van der Waals surface area contributed by atoms with Gasteiger partial charge in [-0.2, -0.15) is 0 Å². The van der Waals surface area contributed by atoms with Gasteiger partial charge in [0.05, 0.1) is 22.3 Å². The van der Waals surface area contributed by atoms with Gasteiger partial charge < -0.3 is 10.2 Å². The van der Waals surface area contributed by atoms with E-state index in [2.05, 4.69) is 16.0 Å². The van der Waals surface area contributed by atoms with Crippen molar-refractivity contribution in [1.29, 1.82) is 0 Å². The molecule has 0 aliphatic carbocycles. The first kappa shape index (κ1) is 14.2. The Morgan fingerprint density at radius 2 is 1.83 bits per heavy atom. The van der Waals surface area contributed by atoms with Crippen LogP contribution in [0.5, 0.6) is 11.5 Å². The standard InChI is InChI=1S/C17H12N2O2S2/c20-10-5-6-11(14(21)7-10)13-9-22-16(19-13)8-17-18-12-3-1-2-4-15(12)23-17/h1-7,9,20-21H,8H2. The Morgan fingerprint density at radius 1 is 0.957 bits per heavy atom. The van der Waals surface area contributed by atoms with E-state index in [1.807, 2.05) is 23.6 Å². The quantitative estimate of drug-likeness (QED) is 0.579. The molecule has 0 bridgehead atoms. The Kier molecular flexibility index (Phi) is 3.48. The van der Waals surface area contributed by atoms with E-state index in [0.717, 1.165) is 15.5 Å². The lowest BCUT2D eigenvalue weighted by molar-refractivity contribution is 0.452. The molecule has 2 heterocycles. The van der Waals surface area contributed by atoms with Gasteiger partial charge in [0.25, 0.3) is 0 Å². The highest BCUT2D eigenvalue weighted by molar-refractivity contribution is 7.18. The van der Waals surface area contributed by atoms with Crippen LogP contribution in [0.2, 0.25) is 0 Å². The molecule has 4 nitrogen and oxygen atoms in total. The summed E-state index contributed by atoms with van der Waals surface area (Å²) in [5.41, 5.74) is 2.35. The number of nitrogens with zero attached hydrogens (tertiary/aromatic N) is 2. The lowest BCUT2D eigenvalue weighted by Gasteiger charge is -2.01. The molecule has 4 aromatic rings. The normalized spacial score (nSPS) is 11.1. The van der Waals surface area contributed by atoms with Crippen LogP contribution in [0.4, 0.5) is 0 Å². The Balaban J connectivity index is 1.62. The number of aromatic nitrogens is 2. The van der Waals surface area contributed by atoms with Crippen LogP contribution in [0.25, 0.3) is 21.5 Å². The van der Waals surface area contributed by atoms with Gasteiger partial charge in [0, 0.05) is 17.0 Å². The first-order chi connectivity index (χ1) is 11.2. The van der Waals surface area contributed by atoms with Crippen LogP contribution in [0.15, 0.2) is 47.8 Å². The minimum Gasteiger partial charge on any atom is -0.508 e. The van der Waals surface area contributed by atoms with Crippen LogP contribution in [0.3, 0.4) is 0 Å². The van der Waals surface area contributed by atoms with Crippen LogP contribution in [0.1, 0.15) is 10.0 Å². The average Bonchev–Trinajstić information content (AvgIpc) is 3.13. The van der Waals surface area contributed by atoms with E-state index < -0.39 is 0 Å². The van der Waals surface area contributed by atoms with Crippen molar-refractivity contribution >= 4 is 32.9 Å². The smallest absolute Gasteiger partial charge is 0.128 e.